The highest BCUT2D eigenvalue weighted by Gasteiger charge is 2.23. The standard InChI is InChI=1S/C20H38O7/c1-3-5-7-9-15(21)11-17(23)13-20(26)27-18(14-19(24)25)12-16(22)10-8-6-4-2/h15-18,21-23H,3-14H2,1-2H3,(H,24,25)/t15-,16+,17-,18+/m1/s1. The van der Waals surface area contributed by atoms with E-state index in [-0.39, 0.29) is 25.7 Å². The average molecular weight is 391 g/mol. The van der Waals surface area contributed by atoms with Crippen LogP contribution < -0.4 is 0 Å². The van der Waals surface area contributed by atoms with Crippen molar-refractivity contribution in [2.24, 2.45) is 0 Å². The number of carboxylic acids is 1. The summed E-state index contributed by atoms with van der Waals surface area (Å²) in [6.07, 6.45) is 2.97. The lowest BCUT2D eigenvalue weighted by Crippen LogP contribution is -2.29. The molecule has 160 valence electrons. The van der Waals surface area contributed by atoms with Gasteiger partial charge in [-0.25, -0.2) is 0 Å². The summed E-state index contributed by atoms with van der Waals surface area (Å²) in [5, 5.41) is 38.8. The Kier molecular flexibility index (Phi) is 15.1. The highest BCUT2D eigenvalue weighted by atomic mass is 16.5. The molecule has 0 amide bonds. The van der Waals surface area contributed by atoms with Gasteiger partial charge in [0.05, 0.1) is 31.2 Å². The summed E-state index contributed by atoms with van der Waals surface area (Å²) in [6.45, 7) is 4.11. The predicted octanol–water partition coefficient (Wildman–Crippen LogP) is 2.79. The first-order valence-electron chi connectivity index (χ1n) is 10.2. The second-order valence-electron chi connectivity index (χ2n) is 7.34. The Morgan fingerprint density at radius 3 is 1.78 bits per heavy atom. The van der Waals surface area contributed by atoms with Crippen LogP contribution in [0.2, 0.25) is 0 Å². The van der Waals surface area contributed by atoms with Crippen LogP contribution in [0.5, 0.6) is 0 Å². The van der Waals surface area contributed by atoms with E-state index in [1.165, 1.54) is 0 Å². The summed E-state index contributed by atoms with van der Waals surface area (Å²) in [5.74, 6) is -1.82. The molecule has 27 heavy (non-hydrogen) atoms. The number of hydrogen-bond acceptors (Lipinski definition) is 6. The van der Waals surface area contributed by atoms with Crippen molar-refractivity contribution in [3.63, 3.8) is 0 Å². The molecular weight excluding hydrogens is 352 g/mol. The molecule has 0 bridgehead atoms. The second kappa shape index (κ2) is 15.8. The predicted molar refractivity (Wildman–Crippen MR) is 102 cm³/mol. The maximum absolute atomic E-state index is 12.0. The van der Waals surface area contributed by atoms with Gasteiger partial charge in [-0.3, -0.25) is 9.59 Å². The van der Waals surface area contributed by atoms with Crippen molar-refractivity contribution in [2.75, 3.05) is 0 Å². The van der Waals surface area contributed by atoms with Crippen LogP contribution in [-0.2, 0) is 14.3 Å². The molecule has 0 aliphatic rings. The van der Waals surface area contributed by atoms with E-state index in [0.717, 1.165) is 38.5 Å². The first-order chi connectivity index (χ1) is 12.8. The van der Waals surface area contributed by atoms with Crippen LogP contribution in [-0.4, -0.2) is 56.8 Å². The third kappa shape index (κ3) is 15.6. The van der Waals surface area contributed by atoms with Crippen molar-refractivity contribution in [1.82, 2.24) is 0 Å². The number of carbonyl (C=O) groups is 2. The number of rotatable bonds is 17. The number of aliphatic hydroxyl groups is 3. The fraction of sp³-hybridized carbons (Fsp3) is 0.900. The fourth-order valence-electron chi connectivity index (χ4n) is 2.99. The quantitative estimate of drug-likeness (QED) is 0.222. The molecular formula is C20H38O7. The van der Waals surface area contributed by atoms with Gasteiger partial charge >= 0.3 is 11.9 Å². The van der Waals surface area contributed by atoms with E-state index in [9.17, 15) is 24.9 Å². The Hall–Kier alpha value is -1.18. The molecule has 0 aliphatic heterocycles. The first kappa shape index (κ1) is 25.8. The van der Waals surface area contributed by atoms with Gasteiger partial charge < -0.3 is 25.2 Å². The Balaban J connectivity index is 4.34. The zero-order valence-electron chi connectivity index (χ0n) is 16.8. The average Bonchev–Trinajstić information content (AvgIpc) is 2.54. The normalized spacial score (nSPS) is 15.7. The molecule has 7 heteroatoms. The minimum atomic E-state index is -1.11. The lowest BCUT2D eigenvalue weighted by atomic mass is 10.0. The lowest BCUT2D eigenvalue weighted by molar-refractivity contribution is -0.156. The monoisotopic (exact) mass is 390 g/mol. The molecule has 4 N–H and O–H groups in total. The van der Waals surface area contributed by atoms with Gasteiger partial charge in [-0.2, -0.15) is 0 Å². The Morgan fingerprint density at radius 1 is 0.778 bits per heavy atom. The van der Waals surface area contributed by atoms with Crippen LogP contribution >= 0.6 is 0 Å². The third-order valence-electron chi connectivity index (χ3n) is 4.46. The SMILES string of the molecule is CCCCC[C@@H](O)C[C@@H](O)CC(=O)O[C@H](CC(=O)O)C[C@@H](O)CCCCC. The lowest BCUT2D eigenvalue weighted by Gasteiger charge is -2.21. The van der Waals surface area contributed by atoms with Gasteiger partial charge in [0.1, 0.15) is 6.10 Å². The number of unbranched alkanes of at least 4 members (excludes halogenated alkanes) is 4. The highest BCUT2D eigenvalue weighted by Crippen LogP contribution is 2.16. The van der Waals surface area contributed by atoms with Crippen LogP contribution in [0.4, 0.5) is 0 Å². The number of carboxylic acid groups (broad SMARTS) is 1. The van der Waals surface area contributed by atoms with Crippen molar-refractivity contribution in [2.45, 2.75) is 115 Å². The summed E-state index contributed by atoms with van der Waals surface area (Å²) in [7, 11) is 0. The number of esters is 1. The first-order valence-corrected chi connectivity index (χ1v) is 10.2. The fourth-order valence-corrected chi connectivity index (χ4v) is 2.99. The van der Waals surface area contributed by atoms with Gasteiger partial charge in [-0.05, 0) is 19.3 Å². The Bertz CT molecular complexity index is 400. The zero-order valence-corrected chi connectivity index (χ0v) is 16.8. The molecule has 0 rings (SSSR count). The van der Waals surface area contributed by atoms with Gasteiger partial charge in [0.25, 0.3) is 0 Å². The molecule has 4 atom stereocenters. The number of hydrogen-bond donors (Lipinski definition) is 4. The summed E-state index contributed by atoms with van der Waals surface area (Å²) >= 11 is 0. The molecule has 0 aromatic rings. The number of ether oxygens (including phenoxy) is 1. The maximum Gasteiger partial charge on any atom is 0.308 e. The Labute approximate surface area is 162 Å². The van der Waals surface area contributed by atoms with Crippen molar-refractivity contribution >= 4 is 11.9 Å². The summed E-state index contributed by atoms with van der Waals surface area (Å²) < 4.78 is 5.17. The molecule has 0 radical (unpaired) electrons. The number of carbonyl (C=O) groups excluding carboxylic acids is 1. The highest BCUT2D eigenvalue weighted by molar-refractivity contribution is 5.71. The van der Waals surface area contributed by atoms with E-state index < -0.39 is 36.4 Å². The molecule has 0 heterocycles. The summed E-state index contributed by atoms with van der Waals surface area (Å²) in [4.78, 5) is 23.0. The molecule has 0 saturated heterocycles. The summed E-state index contributed by atoms with van der Waals surface area (Å²) in [6, 6.07) is 0. The summed E-state index contributed by atoms with van der Waals surface area (Å²) in [5.41, 5.74) is 0. The molecule has 0 fully saturated rings. The van der Waals surface area contributed by atoms with Gasteiger partial charge in [0, 0.05) is 6.42 Å². The van der Waals surface area contributed by atoms with E-state index in [1.807, 2.05) is 6.92 Å². The molecule has 0 saturated carbocycles. The smallest absolute Gasteiger partial charge is 0.308 e. The molecule has 0 aromatic carbocycles. The van der Waals surface area contributed by atoms with Gasteiger partial charge in [0.2, 0.25) is 0 Å². The van der Waals surface area contributed by atoms with Gasteiger partial charge in [0.15, 0.2) is 0 Å². The Morgan fingerprint density at radius 2 is 1.30 bits per heavy atom. The molecule has 0 aliphatic carbocycles. The number of aliphatic carboxylic acids is 1. The van der Waals surface area contributed by atoms with Crippen LogP contribution in [0.25, 0.3) is 0 Å². The molecule has 0 aromatic heterocycles. The van der Waals surface area contributed by atoms with E-state index in [0.29, 0.717) is 12.8 Å². The zero-order chi connectivity index (χ0) is 20.7. The van der Waals surface area contributed by atoms with Crippen molar-refractivity contribution < 1.29 is 34.8 Å². The van der Waals surface area contributed by atoms with Crippen LogP contribution in [0.1, 0.15) is 90.9 Å². The largest absolute Gasteiger partial charge is 0.481 e. The van der Waals surface area contributed by atoms with Crippen LogP contribution in [0.3, 0.4) is 0 Å². The topological polar surface area (TPSA) is 124 Å². The molecule has 0 spiro atoms. The van der Waals surface area contributed by atoms with Gasteiger partial charge in [-0.15, -0.1) is 0 Å². The maximum atomic E-state index is 12.0. The van der Waals surface area contributed by atoms with E-state index in [4.69, 9.17) is 9.84 Å². The van der Waals surface area contributed by atoms with Crippen molar-refractivity contribution in [1.29, 1.82) is 0 Å². The minimum absolute atomic E-state index is 0.0670. The van der Waals surface area contributed by atoms with E-state index in [2.05, 4.69) is 6.92 Å². The molecule has 7 nitrogen and oxygen atoms in total. The van der Waals surface area contributed by atoms with Crippen LogP contribution in [0.15, 0.2) is 0 Å². The van der Waals surface area contributed by atoms with Crippen LogP contribution in [0, 0.1) is 0 Å². The minimum Gasteiger partial charge on any atom is -0.481 e. The van der Waals surface area contributed by atoms with E-state index in [1.54, 1.807) is 0 Å². The molecule has 0 unspecified atom stereocenters. The number of aliphatic hydroxyl groups excluding tert-OH is 3. The second-order valence-corrected chi connectivity index (χ2v) is 7.34. The van der Waals surface area contributed by atoms with Gasteiger partial charge in [-0.1, -0.05) is 52.4 Å². The van der Waals surface area contributed by atoms with Crippen molar-refractivity contribution in [3.8, 4) is 0 Å². The van der Waals surface area contributed by atoms with E-state index >= 15 is 0 Å². The third-order valence-corrected chi connectivity index (χ3v) is 4.46. The van der Waals surface area contributed by atoms with Crippen molar-refractivity contribution in [3.05, 3.63) is 0 Å².